The van der Waals surface area contributed by atoms with E-state index in [1.165, 1.54) is 64.5 Å². The van der Waals surface area contributed by atoms with Crippen molar-refractivity contribution in [1.82, 2.24) is 10.2 Å². The third-order valence-corrected chi connectivity index (χ3v) is 5.41. The first-order valence-corrected chi connectivity index (χ1v) is 7.98. The predicted molar refractivity (Wildman–Crippen MR) is 73.6 cm³/mol. The molecule has 4 unspecified atom stereocenters. The Balaban J connectivity index is 1.52. The molecule has 1 aliphatic carbocycles. The van der Waals surface area contributed by atoms with Crippen molar-refractivity contribution >= 4 is 0 Å². The average Bonchev–Trinajstić information content (AvgIpc) is 2.87. The number of hydrogen-bond donors (Lipinski definition) is 2. The van der Waals surface area contributed by atoms with Crippen LogP contribution in [0.1, 0.15) is 51.4 Å². The van der Waals surface area contributed by atoms with Gasteiger partial charge in [-0.15, -0.1) is 0 Å². The van der Waals surface area contributed by atoms with Gasteiger partial charge in [0, 0.05) is 24.7 Å². The van der Waals surface area contributed by atoms with Crippen molar-refractivity contribution in [3.05, 3.63) is 0 Å². The van der Waals surface area contributed by atoms with Crippen molar-refractivity contribution in [2.45, 2.75) is 69.5 Å². The lowest BCUT2D eigenvalue weighted by Gasteiger charge is -2.40. The number of aliphatic hydroxyl groups is 1. The van der Waals surface area contributed by atoms with E-state index in [2.05, 4.69) is 10.2 Å². The number of fused-ring (bicyclic) bond motifs is 1. The molecule has 4 atom stereocenters. The highest BCUT2D eigenvalue weighted by Crippen LogP contribution is 2.29. The van der Waals surface area contributed by atoms with Gasteiger partial charge in [0.15, 0.2) is 0 Å². The molecule has 0 spiro atoms. The molecule has 104 valence electrons. The number of rotatable bonds is 3. The van der Waals surface area contributed by atoms with Gasteiger partial charge in [-0.25, -0.2) is 0 Å². The second kappa shape index (κ2) is 5.89. The third kappa shape index (κ3) is 2.73. The lowest BCUT2D eigenvalue weighted by Crippen LogP contribution is -2.51. The number of hydrogen-bond acceptors (Lipinski definition) is 3. The van der Waals surface area contributed by atoms with Crippen molar-refractivity contribution in [2.75, 3.05) is 19.7 Å². The van der Waals surface area contributed by atoms with E-state index < -0.39 is 0 Å². The van der Waals surface area contributed by atoms with Crippen LogP contribution in [0.3, 0.4) is 0 Å². The molecule has 0 aromatic carbocycles. The van der Waals surface area contributed by atoms with E-state index in [1.807, 2.05) is 0 Å². The number of aliphatic hydroxyl groups excluding tert-OH is 1. The Labute approximate surface area is 111 Å². The number of nitrogens with zero attached hydrogens (tertiary/aromatic N) is 1. The molecule has 2 heterocycles. The fourth-order valence-corrected chi connectivity index (χ4v) is 4.32. The van der Waals surface area contributed by atoms with E-state index in [0.29, 0.717) is 24.6 Å². The molecule has 0 radical (unpaired) electrons. The van der Waals surface area contributed by atoms with Crippen molar-refractivity contribution in [2.24, 2.45) is 5.92 Å². The third-order valence-electron chi connectivity index (χ3n) is 5.41. The summed E-state index contributed by atoms with van der Waals surface area (Å²) in [5.74, 6) is 0.514. The van der Waals surface area contributed by atoms with E-state index in [4.69, 9.17) is 0 Å². The van der Waals surface area contributed by atoms with Gasteiger partial charge in [-0.3, -0.25) is 0 Å². The van der Waals surface area contributed by atoms with E-state index in [1.54, 1.807) is 0 Å². The lowest BCUT2D eigenvalue weighted by molar-refractivity contribution is 0.117. The van der Waals surface area contributed by atoms with Crippen LogP contribution in [0.2, 0.25) is 0 Å². The van der Waals surface area contributed by atoms with Gasteiger partial charge in [0.05, 0.1) is 0 Å². The first-order valence-electron chi connectivity index (χ1n) is 7.98. The molecule has 3 heteroatoms. The van der Waals surface area contributed by atoms with Crippen LogP contribution in [0, 0.1) is 5.92 Å². The summed E-state index contributed by atoms with van der Waals surface area (Å²) in [7, 11) is 0. The molecule has 0 aromatic heterocycles. The van der Waals surface area contributed by atoms with Crippen molar-refractivity contribution in [3.8, 4) is 0 Å². The van der Waals surface area contributed by atoms with Crippen LogP contribution < -0.4 is 5.32 Å². The number of piperidine rings is 1. The average molecular weight is 252 g/mol. The van der Waals surface area contributed by atoms with Gasteiger partial charge < -0.3 is 15.3 Å². The van der Waals surface area contributed by atoms with E-state index in [0.717, 1.165) is 6.04 Å². The summed E-state index contributed by atoms with van der Waals surface area (Å²) >= 11 is 0. The molecule has 3 nitrogen and oxygen atoms in total. The molecular weight excluding hydrogens is 224 g/mol. The SMILES string of the molecule is OCC1CCCCC1NC1CCN2CCCC2C1. The molecule has 2 aliphatic heterocycles. The van der Waals surface area contributed by atoms with Crippen LogP contribution in [0.5, 0.6) is 0 Å². The molecule has 3 rings (SSSR count). The zero-order valence-corrected chi connectivity index (χ0v) is 11.5. The normalized spacial score (nSPS) is 41.8. The van der Waals surface area contributed by atoms with Crippen molar-refractivity contribution < 1.29 is 5.11 Å². The van der Waals surface area contributed by atoms with Crippen LogP contribution in [-0.2, 0) is 0 Å². The monoisotopic (exact) mass is 252 g/mol. The fraction of sp³-hybridized carbons (Fsp3) is 1.00. The highest BCUT2D eigenvalue weighted by Gasteiger charge is 2.34. The Bertz CT molecular complexity index is 271. The summed E-state index contributed by atoms with van der Waals surface area (Å²) in [6, 6.07) is 2.15. The Hall–Kier alpha value is -0.120. The van der Waals surface area contributed by atoms with E-state index in [9.17, 15) is 5.11 Å². The molecule has 18 heavy (non-hydrogen) atoms. The highest BCUT2D eigenvalue weighted by atomic mass is 16.3. The van der Waals surface area contributed by atoms with Crippen molar-refractivity contribution in [3.63, 3.8) is 0 Å². The molecule has 0 bridgehead atoms. The first-order chi connectivity index (χ1) is 8.86. The summed E-state index contributed by atoms with van der Waals surface area (Å²) in [6.45, 7) is 3.00. The fourth-order valence-electron chi connectivity index (χ4n) is 4.32. The van der Waals surface area contributed by atoms with Crippen LogP contribution >= 0.6 is 0 Å². The number of nitrogens with one attached hydrogen (secondary N) is 1. The molecule has 0 aromatic rings. The molecule has 2 saturated heterocycles. The molecule has 1 saturated carbocycles. The highest BCUT2D eigenvalue weighted by molar-refractivity contribution is 4.92. The maximum Gasteiger partial charge on any atom is 0.0474 e. The van der Waals surface area contributed by atoms with Crippen LogP contribution in [-0.4, -0.2) is 47.8 Å². The van der Waals surface area contributed by atoms with Crippen LogP contribution in [0.25, 0.3) is 0 Å². The van der Waals surface area contributed by atoms with Gasteiger partial charge in [-0.2, -0.15) is 0 Å². The first kappa shape index (κ1) is 12.9. The Morgan fingerprint density at radius 1 is 1.00 bits per heavy atom. The molecule has 3 fully saturated rings. The van der Waals surface area contributed by atoms with Gasteiger partial charge >= 0.3 is 0 Å². The summed E-state index contributed by atoms with van der Waals surface area (Å²) in [4.78, 5) is 2.68. The molecule has 0 amide bonds. The zero-order chi connectivity index (χ0) is 12.4. The lowest BCUT2D eigenvalue weighted by atomic mass is 9.84. The van der Waals surface area contributed by atoms with Gasteiger partial charge in [0.2, 0.25) is 0 Å². The van der Waals surface area contributed by atoms with Gasteiger partial charge in [0.25, 0.3) is 0 Å². The zero-order valence-electron chi connectivity index (χ0n) is 11.5. The van der Waals surface area contributed by atoms with Crippen molar-refractivity contribution in [1.29, 1.82) is 0 Å². The Kier molecular flexibility index (Phi) is 4.22. The van der Waals surface area contributed by atoms with E-state index >= 15 is 0 Å². The minimum Gasteiger partial charge on any atom is -0.396 e. The Morgan fingerprint density at radius 3 is 2.78 bits per heavy atom. The molecular formula is C15H28N2O. The largest absolute Gasteiger partial charge is 0.396 e. The summed E-state index contributed by atoms with van der Waals surface area (Å²) in [6.07, 6.45) is 10.6. The van der Waals surface area contributed by atoms with E-state index in [-0.39, 0.29) is 0 Å². The smallest absolute Gasteiger partial charge is 0.0474 e. The summed E-state index contributed by atoms with van der Waals surface area (Å²) in [5.41, 5.74) is 0. The van der Waals surface area contributed by atoms with Crippen LogP contribution in [0.4, 0.5) is 0 Å². The summed E-state index contributed by atoms with van der Waals surface area (Å²) in [5, 5.41) is 13.4. The quantitative estimate of drug-likeness (QED) is 0.803. The maximum atomic E-state index is 9.49. The molecule has 3 aliphatic rings. The standard InChI is InChI=1S/C15H28N2O/c18-11-12-4-1-2-6-15(12)16-13-7-9-17-8-3-5-14(17)10-13/h12-16,18H,1-11H2. The second-order valence-corrected chi connectivity index (χ2v) is 6.55. The summed E-state index contributed by atoms with van der Waals surface area (Å²) < 4.78 is 0. The minimum atomic E-state index is 0.375. The second-order valence-electron chi connectivity index (χ2n) is 6.55. The minimum absolute atomic E-state index is 0.375. The topological polar surface area (TPSA) is 35.5 Å². The predicted octanol–water partition coefficient (Wildman–Crippen LogP) is 1.75. The van der Waals surface area contributed by atoms with Gasteiger partial charge in [0.1, 0.15) is 0 Å². The van der Waals surface area contributed by atoms with Gasteiger partial charge in [-0.05, 0) is 57.5 Å². The maximum absolute atomic E-state index is 9.49. The van der Waals surface area contributed by atoms with Crippen LogP contribution in [0.15, 0.2) is 0 Å². The van der Waals surface area contributed by atoms with Gasteiger partial charge in [-0.1, -0.05) is 12.8 Å². The molecule has 2 N–H and O–H groups in total. The Morgan fingerprint density at radius 2 is 1.89 bits per heavy atom.